The smallest absolute Gasteiger partial charge is 0.220 e. The van der Waals surface area contributed by atoms with Crippen molar-refractivity contribution in [2.24, 2.45) is 0 Å². The molecule has 0 saturated carbocycles. The zero-order valence-electron chi connectivity index (χ0n) is 61.2. The average Bonchev–Trinajstić information content (AvgIpc) is 0.897. The lowest BCUT2D eigenvalue weighted by molar-refractivity contribution is -0.359. The van der Waals surface area contributed by atoms with Gasteiger partial charge >= 0.3 is 0 Å². The molecular weight excluding hydrogens is 1190 g/mol. The Labute approximate surface area is 582 Å². The van der Waals surface area contributed by atoms with E-state index in [0.29, 0.717) is 12.8 Å². The Balaban J connectivity index is 1.56. The highest BCUT2D eigenvalue weighted by Gasteiger charge is 2.51. The minimum Gasteiger partial charge on any atom is -0.394 e. The molecule has 14 nitrogen and oxygen atoms in total. The third kappa shape index (κ3) is 48.4. The topological polar surface area (TPSA) is 228 Å². The number of rotatable bonds is 68. The fraction of sp³-hybridized carbons (Fsp3) is 0.889. The maximum atomic E-state index is 13.4. The van der Waals surface area contributed by atoms with Gasteiger partial charge in [-0.1, -0.05) is 339 Å². The van der Waals surface area contributed by atoms with E-state index in [1.807, 2.05) is 6.08 Å². The van der Waals surface area contributed by atoms with E-state index in [1.54, 1.807) is 6.08 Å². The Kier molecular flexibility index (Phi) is 61.2. The summed E-state index contributed by atoms with van der Waals surface area (Å²) in [6.07, 6.45) is 70.8. The number of aliphatic hydroxyl groups excluding tert-OH is 8. The molecule has 558 valence electrons. The molecular formula is C81H151NO13. The highest BCUT2D eigenvalue weighted by Crippen LogP contribution is 2.30. The molecule has 0 aromatic carbocycles. The monoisotopic (exact) mass is 1350 g/mol. The normalized spacial score (nSPS) is 22.5. The molecule has 0 aromatic heterocycles. The molecule has 14 heteroatoms. The third-order valence-electron chi connectivity index (χ3n) is 19.7. The van der Waals surface area contributed by atoms with E-state index in [-0.39, 0.29) is 18.9 Å². The van der Waals surface area contributed by atoms with Crippen LogP contribution >= 0.6 is 0 Å². The third-order valence-corrected chi connectivity index (χ3v) is 19.7. The van der Waals surface area contributed by atoms with Crippen LogP contribution < -0.4 is 5.32 Å². The van der Waals surface area contributed by atoms with Gasteiger partial charge in [0.2, 0.25) is 5.91 Å². The van der Waals surface area contributed by atoms with Gasteiger partial charge in [0.05, 0.1) is 32.0 Å². The summed E-state index contributed by atoms with van der Waals surface area (Å²) in [7, 11) is 0. The summed E-state index contributed by atoms with van der Waals surface area (Å²) in [5, 5.41) is 87.5. The second-order valence-corrected chi connectivity index (χ2v) is 28.5. The summed E-state index contributed by atoms with van der Waals surface area (Å²) in [6, 6.07) is -0.938. The van der Waals surface area contributed by atoms with Gasteiger partial charge in [-0.2, -0.15) is 0 Å². The molecule has 0 bridgehead atoms. The van der Waals surface area contributed by atoms with Gasteiger partial charge in [0, 0.05) is 6.42 Å². The predicted octanol–water partition coefficient (Wildman–Crippen LogP) is 18.2. The van der Waals surface area contributed by atoms with Crippen LogP contribution in [-0.2, 0) is 23.7 Å². The lowest BCUT2D eigenvalue weighted by Crippen LogP contribution is -2.65. The van der Waals surface area contributed by atoms with E-state index in [0.717, 1.165) is 44.9 Å². The number of nitrogens with one attached hydrogen (secondary N) is 1. The summed E-state index contributed by atoms with van der Waals surface area (Å²) in [5.74, 6) is -0.247. The fourth-order valence-corrected chi connectivity index (χ4v) is 13.3. The van der Waals surface area contributed by atoms with Crippen LogP contribution in [0.2, 0.25) is 0 Å². The molecule has 12 atom stereocenters. The SMILES string of the molecule is CCCCCCCCCC/C=C\CCCCCCCCCCCCCCCCCCCCCCCCCCCCCCCC(=O)NC(COC1OC(CO)C(OC2OC(CO)C(O)C(O)C2O)C(O)C1O)C(O)/C=C/CC/C=C/CC/C=C/CCCCCCCCCCCC. The van der Waals surface area contributed by atoms with Crippen LogP contribution in [0.15, 0.2) is 48.6 Å². The Morgan fingerprint density at radius 1 is 0.368 bits per heavy atom. The molecule has 2 aliphatic rings. The fourth-order valence-electron chi connectivity index (χ4n) is 13.3. The van der Waals surface area contributed by atoms with Gasteiger partial charge in [-0.3, -0.25) is 4.79 Å². The molecule has 2 aliphatic heterocycles. The van der Waals surface area contributed by atoms with E-state index in [9.17, 15) is 45.6 Å². The van der Waals surface area contributed by atoms with E-state index >= 15 is 0 Å². The zero-order chi connectivity index (χ0) is 68.7. The number of ether oxygens (including phenoxy) is 4. The largest absolute Gasteiger partial charge is 0.394 e. The van der Waals surface area contributed by atoms with E-state index < -0.39 is 86.8 Å². The highest BCUT2D eigenvalue weighted by molar-refractivity contribution is 5.76. The molecule has 12 unspecified atom stereocenters. The number of unbranched alkanes of at least 4 members (excludes halogenated alkanes) is 49. The van der Waals surface area contributed by atoms with Crippen molar-refractivity contribution >= 4 is 5.91 Å². The van der Waals surface area contributed by atoms with Crippen LogP contribution in [0, 0.1) is 0 Å². The molecule has 0 aliphatic carbocycles. The van der Waals surface area contributed by atoms with E-state index in [2.05, 4.69) is 55.6 Å². The number of hydrogen-bond acceptors (Lipinski definition) is 13. The lowest BCUT2D eigenvalue weighted by Gasteiger charge is -2.46. The van der Waals surface area contributed by atoms with Gasteiger partial charge < -0.3 is 65.1 Å². The van der Waals surface area contributed by atoms with Crippen LogP contribution in [0.5, 0.6) is 0 Å². The van der Waals surface area contributed by atoms with Crippen molar-refractivity contribution in [3.8, 4) is 0 Å². The first-order chi connectivity index (χ1) is 46.6. The molecule has 0 aromatic rings. The van der Waals surface area contributed by atoms with Crippen LogP contribution in [0.1, 0.15) is 367 Å². The molecule has 2 heterocycles. The van der Waals surface area contributed by atoms with Crippen LogP contribution in [-0.4, -0.2) is 140 Å². The maximum absolute atomic E-state index is 13.4. The summed E-state index contributed by atoms with van der Waals surface area (Å²) in [4.78, 5) is 13.4. The minimum absolute atomic E-state index is 0.247. The first kappa shape index (κ1) is 89.0. The van der Waals surface area contributed by atoms with Crippen molar-refractivity contribution in [2.75, 3.05) is 19.8 Å². The molecule has 95 heavy (non-hydrogen) atoms. The first-order valence-electron chi connectivity index (χ1n) is 40.4. The number of allylic oxidation sites excluding steroid dienone is 7. The van der Waals surface area contributed by atoms with Gasteiger partial charge in [0.1, 0.15) is 48.8 Å². The lowest BCUT2D eigenvalue weighted by atomic mass is 9.97. The molecule has 0 spiro atoms. The highest BCUT2D eigenvalue weighted by atomic mass is 16.7. The Morgan fingerprint density at radius 3 is 1.03 bits per heavy atom. The quantitative estimate of drug-likeness (QED) is 0.0204. The molecule has 2 rings (SSSR count). The molecule has 0 radical (unpaired) electrons. The minimum atomic E-state index is -1.79. The Bertz CT molecular complexity index is 1780. The molecule has 1 amide bonds. The summed E-state index contributed by atoms with van der Waals surface area (Å²) in [6.45, 7) is 2.82. The molecule has 9 N–H and O–H groups in total. The second kappa shape index (κ2) is 65.3. The zero-order valence-corrected chi connectivity index (χ0v) is 61.2. The van der Waals surface area contributed by atoms with Crippen molar-refractivity contribution in [2.45, 2.75) is 441 Å². The maximum Gasteiger partial charge on any atom is 0.220 e. The van der Waals surface area contributed by atoms with Crippen molar-refractivity contribution < 1.29 is 64.6 Å². The first-order valence-corrected chi connectivity index (χ1v) is 40.4. The molecule has 2 saturated heterocycles. The van der Waals surface area contributed by atoms with Gasteiger partial charge in [0.15, 0.2) is 12.6 Å². The standard InChI is InChI=1S/C81H151NO13/c1-3-5-7-9-11-13-15-17-19-21-23-25-26-27-28-29-30-31-32-33-34-35-36-37-38-39-40-41-42-43-44-45-47-49-51-53-55-57-59-61-63-65-73(86)82-69(70(85)64-62-60-58-56-54-52-50-48-46-24-22-20-18-16-14-12-10-8-6-4-2)68-92-80-78(91)76(89)79(72(67-84)94-80)95-81-77(90)75(88)74(87)71(66-83)93-81/h21,23,46,48,54,56,62,64,69-72,74-81,83-85,87-91H,3-20,22,24-45,47,49-53,55,57-61,63,65-68H2,1-2H3,(H,82,86)/b23-21-,48-46+,56-54+,64-62+. The number of carbonyl (C=O) groups excluding carboxylic acids is 1. The summed E-state index contributed by atoms with van der Waals surface area (Å²) >= 11 is 0. The Hall–Kier alpha value is -2.05. The predicted molar refractivity (Wildman–Crippen MR) is 392 cm³/mol. The van der Waals surface area contributed by atoms with E-state index in [4.69, 9.17) is 18.9 Å². The number of amides is 1. The van der Waals surface area contributed by atoms with Crippen LogP contribution in [0.4, 0.5) is 0 Å². The van der Waals surface area contributed by atoms with Crippen LogP contribution in [0.25, 0.3) is 0 Å². The number of aliphatic hydroxyl groups is 8. The Morgan fingerprint density at radius 2 is 0.674 bits per heavy atom. The number of carbonyl (C=O) groups is 1. The van der Waals surface area contributed by atoms with Gasteiger partial charge in [0.25, 0.3) is 0 Å². The van der Waals surface area contributed by atoms with Crippen LogP contribution in [0.3, 0.4) is 0 Å². The van der Waals surface area contributed by atoms with E-state index in [1.165, 1.54) is 289 Å². The second-order valence-electron chi connectivity index (χ2n) is 28.5. The summed E-state index contributed by atoms with van der Waals surface area (Å²) < 4.78 is 22.9. The van der Waals surface area contributed by atoms with Crippen molar-refractivity contribution in [3.05, 3.63) is 48.6 Å². The van der Waals surface area contributed by atoms with Crippen molar-refractivity contribution in [1.29, 1.82) is 0 Å². The number of hydrogen-bond donors (Lipinski definition) is 9. The van der Waals surface area contributed by atoms with Crippen molar-refractivity contribution in [3.63, 3.8) is 0 Å². The van der Waals surface area contributed by atoms with Gasteiger partial charge in [-0.05, 0) is 70.6 Å². The van der Waals surface area contributed by atoms with Gasteiger partial charge in [-0.25, -0.2) is 0 Å². The average molecular weight is 1350 g/mol. The van der Waals surface area contributed by atoms with Crippen molar-refractivity contribution in [1.82, 2.24) is 5.32 Å². The molecule has 2 fully saturated rings. The van der Waals surface area contributed by atoms with Gasteiger partial charge in [-0.15, -0.1) is 0 Å². The summed E-state index contributed by atoms with van der Waals surface area (Å²) in [5.41, 5.74) is 0.